The van der Waals surface area contributed by atoms with Gasteiger partial charge in [-0.2, -0.15) is 0 Å². The molecule has 2 heterocycles. The molecule has 0 unspecified atom stereocenters. The zero-order chi connectivity index (χ0) is 16.1. The normalized spacial score (nSPS) is 10.9. The predicted octanol–water partition coefficient (Wildman–Crippen LogP) is 2.21. The van der Waals surface area contributed by atoms with Crippen LogP contribution in [-0.4, -0.2) is 52.3 Å². The number of rotatable bonds is 7. The van der Waals surface area contributed by atoms with Crippen molar-refractivity contribution in [3.63, 3.8) is 0 Å². The predicted molar refractivity (Wildman–Crippen MR) is 88.9 cm³/mol. The first-order valence-electron chi connectivity index (χ1n) is 7.20. The minimum atomic E-state index is -0.0969. The van der Waals surface area contributed by atoms with Crippen molar-refractivity contribution in [2.45, 2.75) is 6.54 Å². The fraction of sp³-hybridized carbons (Fsp3) is 0.294. The maximum Gasteiger partial charge on any atom is 0.274 e. The molecule has 22 heavy (non-hydrogen) atoms. The highest BCUT2D eigenvalue weighted by Gasteiger charge is 2.23. The van der Waals surface area contributed by atoms with Crippen molar-refractivity contribution < 1.29 is 4.79 Å². The first kappa shape index (κ1) is 16.0. The van der Waals surface area contributed by atoms with Gasteiger partial charge in [0.1, 0.15) is 5.65 Å². The lowest BCUT2D eigenvalue weighted by atomic mass is 10.2. The zero-order valence-corrected chi connectivity index (χ0v) is 13.2. The minimum absolute atomic E-state index is 0.0969. The van der Waals surface area contributed by atoms with Crippen LogP contribution >= 0.6 is 0 Å². The summed E-state index contributed by atoms with van der Waals surface area (Å²) in [6, 6.07) is 5.76. The van der Waals surface area contributed by atoms with E-state index in [4.69, 9.17) is 0 Å². The molecular formula is C17H22N4O. The molecule has 0 aromatic carbocycles. The molecule has 0 saturated carbocycles. The van der Waals surface area contributed by atoms with Crippen LogP contribution in [0.3, 0.4) is 0 Å². The quantitative estimate of drug-likeness (QED) is 0.736. The molecule has 0 aliphatic rings. The number of amides is 1. The molecule has 0 radical (unpaired) electrons. The second-order valence-corrected chi connectivity index (χ2v) is 5.36. The molecule has 0 saturated heterocycles. The third kappa shape index (κ3) is 3.26. The highest BCUT2D eigenvalue weighted by Crippen LogP contribution is 2.16. The summed E-state index contributed by atoms with van der Waals surface area (Å²) >= 11 is 0. The lowest BCUT2D eigenvalue weighted by Crippen LogP contribution is -2.32. The Morgan fingerprint density at radius 2 is 1.95 bits per heavy atom. The average molecular weight is 298 g/mol. The van der Waals surface area contributed by atoms with E-state index in [1.54, 1.807) is 17.1 Å². The molecule has 0 aliphatic carbocycles. The number of carbonyl (C=O) groups excluding carboxylic acids is 1. The van der Waals surface area contributed by atoms with E-state index in [-0.39, 0.29) is 5.91 Å². The maximum absolute atomic E-state index is 12.8. The van der Waals surface area contributed by atoms with Crippen molar-refractivity contribution in [1.29, 1.82) is 0 Å². The van der Waals surface area contributed by atoms with Gasteiger partial charge in [-0.3, -0.25) is 4.79 Å². The lowest BCUT2D eigenvalue weighted by molar-refractivity contribution is 0.0783. The molecule has 1 amide bonds. The molecule has 0 bridgehead atoms. The monoisotopic (exact) mass is 298 g/mol. The molecule has 0 aliphatic heterocycles. The van der Waals surface area contributed by atoms with E-state index in [9.17, 15) is 4.79 Å². The topological polar surface area (TPSA) is 40.9 Å². The van der Waals surface area contributed by atoms with Crippen LogP contribution in [0.2, 0.25) is 0 Å². The van der Waals surface area contributed by atoms with Crippen molar-refractivity contribution in [2.24, 2.45) is 0 Å². The number of aromatic nitrogens is 2. The van der Waals surface area contributed by atoms with E-state index in [1.165, 1.54) is 0 Å². The molecule has 2 rings (SSSR count). The van der Waals surface area contributed by atoms with Gasteiger partial charge < -0.3 is 14.2 Å². The van der Waals surface area contributed by atoms with Crippen LogP contribution in [-0.2, 0) is 6.54 Å². The van der Waals surface area contributed by atoms with Crippen molar-refractivity contribution in [1.82, 2.24) is 19.2 Å². The van der Waals surface area contributed by atoms with Gasteiger partial charge in [-0.25, -0.2) is 4.98 Å². The van der Waals surface area contributed by atoms with E-state index in [2.05, 4.69) is 18.1 Å². The molecule has 0 N–H and O–H groups in total. The Hall–Kier alpha value is -2.40. The smallest absolute Gasteiger partial charge is 0.274 e. The Morgan fingerprint density at radius 3 is 2.55 bits per heavy atom. The molecule has 0 spiro atoms. The summed E-state index contributed by atoms with van der Waals surface area (Å²) in [5, 5.41) is 0. The lowest BCUT2D eigenvalue weighted by Gasteiger charge is -2.19. The average Bonchev–Trinajstić information content (AvgIpc) is 2.85. The number of imidazole rings is 1. The highest BCUT2D eigenvalue weighted by atomic mass is 16.2. The van der Waals surface area contributed by atoms with Crippen molar-refractivity contribution in [3.05, 3.63) is 61.1 Å². The van der Waals surface area contributed by atoms with Gasteiger partial charge in [0.25, 0.3) is 5.91 Å². The largest absolute Gasteiger partial charge is 0.330 e. The zero-order valence-electron chi connectivity index (χ0n) is 13.2. The Kier molecular flexibility index (Phi) is 5.12. The minimum Gasteiger partial charge on any atom is -0.330 e. The number of carbonyl (C=O) groups is 1. The number of hydrogen-bond acceptors (Lipinski definition) is 3. The van der Waals surface area contributed by atoms with E-state index in [0.29, 0.717) is 25.3 Å². The van der Waals surface area contributed by atoms with Gasteiger partial charge in [0.2, 0.25) is 0 Å². The van der Waals surface area contributed by atoms with Gasteiger partial charge in [-0.1, -0.05) is 18.2 Å². The van der Waals surface area contributed by atoms with Gasteiger partial charge in [0.05, 0.1) is 5.69 Å². The molecular weight excluding hydrogens is 276 g/mol. The van der Waals surface area contributed by atoms with Gasteiger partial charge in [0, 0.05) is 25.8 Å². The van der Waals surface area contributed by atoms with Crippen LogP contribution in [0.1, 0.15) is 16.2 Å². The van der Waals surface area contributed by atoms with Gasteiger partial charge in [-0.05, 0) is 26.2 Å². The molecule has 2 aromatic rings. The Labute approximate surface area is 131 Å². The second kappa shape index (κ2) is 7.04. The van der Waals surface area contributed by atoms with Crippen LogP contribution in [0.15, 0.2) is 49.7 Å². The third-order valence-electron chi connectivity index (χ3n) is 3.28. The summed E-state index contributed by atoms with van der Waals surface area (Å²) < 4.78 is 1.97. The summed E-state index contributed by atoms with van der Waals surface area (Å²) in [5.74, 6) is -0.0969. The number of fused-ring (bicyclic) bond motifs is 1. The van der Waals surface area contributed by atoms with E-state index in [1.807, 2.05) is 47.8 Å². The van der Waals surface area contributed by atoms with Crippen LogP contribution in [0.5, 0.6) is 0 Å². The van der Waals surface area contributed by atoms with Crippen LogP contribution in [0.25, 0.3) is 5.65 Å². The first-order chi connectivity index (χ1) is 10.6. The summed E-state index contributed by atoms with van der Waals surface area (Å²) in [4.78, 5) is 21.1. The van der Waals surface area contributed by atoms with Crippen molar-refractivity contribution in [3.8, 4) is 0 Å². The van der Waals surface area contributed by atoms with Crippen molar-refractivity contribution in [2.75, 3.05) is 27.2 Å². The van der Waals surface area contributed by atoms with Gasteiger partial charge in [0.15, 0.2) is 5.69 Å². The SMILES string of the molecule is C=CCN(CC=C)C(=O)c1nc2ccccn2c1CN(C)C. The molecule has 2 aromatic heterocycles. The maximum atomic E-state index is 12.8. The molecule has 5 nitrogen and oxygen atoms in total. The number of nitrogens with zero attached hydrogens (tertiary/aromatic N) is 4. The summed E-state index contributed by atoms with van der Waals surface area (Å²) in [6.45, 7) is 9.01. The fourth-order valence-corrected chi connectivity index (χ4v) is 2.37. The fourth-order valence-electron chi connectivity index (χ4n) is 2.37. The number of pyridine rings is 1. The van der Waals surface area contributed by atoms with Crippen molar-refractivity contribution >= 4 is 11.6 Å². The molecule has 116 valence electrons. The molecule has 0 fully saturated rings. The summed E-state index contributed by atoms with van der Waals surface area (Å²) in [5.41, 5.74) is 2.16. The molecule has 5 heteroatoms. The first-order valence-corrected chi connectivity index (χ1v) is 7.20. The Balaban J connectivity index is 2.50. The standard InChI is InChI=1S/C17H22N4O/c1-5-10-20(11-6-2)17(22)16-14(13-19(3)4)21-12-8-7-9-15(21)18-16/h5-9,12H,1-2,10-11,13H2,3-4H3. The summed E-state index contributed by atoms with van der Waals surface area (Å²) in [6.07, 6.45) is 5.36. The summed E-state index contributed by atoms with van der Waals surface area (Å²) in [7, 11) is 3.95. The van der Waals surface area contributed by atoms with E-state index in [0.717, 1.165) is 11.3 Å². The van der Waals surface area contributed by atoms with Crippen LogP contribution in [0, 0.1) is 0 Å². The third-order valence-corrected chi connectivity index (χ3v) is 3.28. The van der Waals surface area contributed by atoms with Gasteiger partial charge in [-0.15, -0.1) is 13.2 Å². The molecule has 0 atom stereocenters. The Bertz CT molecular complexity index is 677. The number of hydrogen-bond donors (Lipinski definition) is 0. The second-order valence-electron chi connectivity index (χ2n) is 5.36. The van der Waals surface area contributed by atoms with Crippen LogP contribution in [0.4, 0.5) is 0 Å². The van der Waals surface area contributed by atoms with E-state index >= 15 is 0 Å². The van der Waals surface area contributed by atoms with Gasteiger partial charge >= 0.3 is 0 Å². The highest BCUT2D eigenvalue weighted by molar-refractivity contribution is 5.94. The Morgan fingerprint density at radius 1 is 1.27 bits per heavy atom. The van der Waals surface area contributed by atoms with Crippen LogP contribution < -0.4 is 0 Å². The van der Waals surface area contributed by atoms with E-state index < -0.39 is 0 Å².